The topological polar surface area (TPSA) is 93.0 Å². The predicted octanol–water partition coefficient (Wildman–Crippen LogP) is 3.14. The Morgan fingerprint density at radius 2 is 1.72 bits per heavy atom. The fourth-order valence-corrected chi connectivity index (χ4v) is 4.48. The first-order valence-corrected chi connectivity index (χ1v) is 10.3. The molecule has 2 saturated heterocycles. The number of carbonyl (C=O) groups excluding carboxylic acids is 2. The Morgan fingerprint density at radius 3 is 2.34 bits per heavy atom. The van der Waals surface area contributed by atoms with E-state index in [0.29, 0.717) is 31.6 Å². The minimum atomic E-state index is -0.385. The van der Waals surface area contributed by atoms with Crippen molar-refractivity contribution in [2.75, 3.05) is 24.6 Å². The number of anilines is 1. The molecule has 8 heteroatoms. The van der Waals surface area contributed by atoms with Gasteiger partial charge in [-0.1, -0.05) is 12.1 Å². The van der Waals surface area contributed by atoms with E-state index < -0.39 is 0 Å². The Labute approximate surface area is 171 Å². The van der Waals surface area contributed by atoms with Crippen LogP contribution in [0.5, 0.6) is 0 Å². The van der Waals surface area contributed by atoms with Gasteiger partial charge in [0.25, 0.3) is 11.6 Å². The summed E-state index contributed by atoms with van der Waals surface area (Å²) in [7, 11) is 0. The molecule has 2 heterocycles. The van der Waals surface area contributed by atoms with Crippen LogP contribution in [0.25, 0.3) is 0 Å². The molecule has 29 heavy (non-hydrogen) atoms. The Hall–Kier alpha value is -2.64. The molecule has 0 spiro atoms. The zero-order chi connectivity index (χ0) is 21.0. The Morgan fingerprint density at radius 1 is 1.10 bits per heavy atom. The summed E-state index contributed by atoms with van der Waals surface area (Å²) in [6, 6.07) is 6.99. The van der Waals surface area contributed by atoms with Crippen molar-refractivity contribution in [1.82, 2.24) is 4.90 Å². The number of amides is 1. The second-order valence-electron chi connectivity index (χ2n) is 8.04. The predicted molar refractivity (Wildman–Crippen MR) is 109 cm³/mol. The molecule has 1 aromatic rings. The van der Waals surface area contributed by atoms with Gasteiger partial charge in [-0.3, -0.25) is 19.7 Å². The smallest absolute Gasteiger partial charge is 0.309 e. The first-order chi connectivity index (χ1) is 13.9. The van der Waals surface area contributed by atoms with E-state index in [2.05, 4.69) is 0 Å². The van der Waals surface area contributed by atoms with Crippen LogP contribution in [0.1, 0.15) is 46.0 Å². The molecule has 8 nitrogen and oxygen atoms in total. The van der Waals surface area contributed by atoms with Crippen molar-refractivity contribution in [1.29, 1.82) is 0 Å². The molecule has 0 saturated carbocycles. The van der Waals surface area contributed by atoms with Crippen LogP contribution in [0.15, 0.2) is 24.3 Å². The summed E-state index contributed by atoms with van der Waals surface area (Å²) in [4.78, 5) is 39.6. The van der Waals surface area contributed by atoms with E-state index in [9.17, 15) is 19.7 Å². The standard InChI is InChI=1S/C21H29N3O5/c1-15-6-5-7-16(2)23(15)20(25)14-29-21(26)17-10-12-22(13-11-17)18-8-3-4-9-19(18)24(27)28/h3-4,8-9,15-17H,5-7,10-14H2,1-2H3/t15-,16-/m1/s1. The number of nitro groups is 1. The second-order valence-corrected chi connectivity index (χ2v) is 8.04. The van der Waals surface area contributed by atoms with Gasteiger partial charge in [-0.2, -0.15) is 0 Å². The summed E-state index contributed by atoms with van der Waals surface area (Å²) in [5.41, 5.74) is 0.650. The van der Waals surface area contributed by atoms with Gasteiger partial charge >= 0.3 is 5.97 Å². The van der Waals surface area contributed by atoms with Crippen molar-refractivity contribution in [2.24, 2.45) is 5.92 Å². The van der Waals surface area contributed by atoms with Gasteiger partial charge in [0, 0.05) is 31.2 Å². The highest BCUT2D eigenvalue weighted by Crippen LogP contribution is 2.31. The van der Waals surface area contributed by atoms with Gasteiger partial charge in [0.15, 0.2) is 6.61 Å². The minimum absolute atomic E-state index is 0.0731. The summed E-state index contributed by atoms with van der Waals surface area (Å²) >= 11 is 0. The highest BCUT2D eigenvalue weighted by Gasteiger charge is 2.32. The molecule has 0 bridgehead atoms. The van der Waals surface area contributed by atoms with Gasteiger partial charge in [0.05, 0.1) is 10.8 Å². The molecule has 0 radical (unpaired) electrons. The first-order valence-electron chi connectivity index (χ1n) is 10.3. The number of likely N-dealkylation sites (tertiary alicyclic amines) is 1. The molecule has 1 aromatic carbocycles. The fourth-order valence-electron chi connectivity index (χ4n) is 4.48. The first kappa shape index (κ1) is 21.1. The van der Waals surface area contributed by atoms with Crippen molar-refractivity contribution in [3.63, 3.8) is 0 Å². The van der Waals surface area contributed by atoms with Crippen molar-refractivity contribution < 1.29 is 19.2 Å². The Balaban J connectivity index is 1.50. The summed E-state index contributed by atoms with van der Waals surface area (Å²) in [5.74, 6) is -0.758. The van der Waals surface area contributed by atoms with Gasteiger partial charge in [0.1, 0.15) is 5.69 Å². The molecule has 2 aliphatic heterocycles. The lowest BCUT2D eigenvalue weighted by atomic mass is 9.96. The van der Waals surface area contributed by atoms with Gasteiger partial charge < -0.3 is 14.5 Å². The van der Waals surface area contributed by atoms with Crippen LogP contribution in [0.4, 0.5) is 11.4 Å². The lowest BCUT2D eigenvalue weighted by Crippen LogP contribution is -2.49. The number of piperidine rings is 2. The summed E-state index contributed by atoms with van der Waals surface area (Å²) < 4.78 is 5.34. The van der Waals surface area contributed by atoms with Crippen LogP contribution in [-0.4, -0.2) is 53.5 Å². The monoisotopic (exact) mass is 403 g/mol. The highest BCUT2D eigenvalue weighted by atomic mass is 16.6. The number of benzene rings is 1. The number of esters is 1. The van der Waals surface area contributed by atoms with E-state index in [0.717, 1.165) is 19.3 Å². The van der Waals surface area contributed by atoms with E-state index >= 15 is 0 Å². The molecule has 158 valence electrons. The number of carbonyl (C=O) groups is 2. The number of nitrogens with zero attached hydrogens (tertiary/aromatic N) is 3. The van der Waals surface area contributed by atoms with Gasteiger partial charge in [0.2, 0.25) is 0 Å². The maximum atomic E-state index is 12.5. The van der Waals surface area contributed by atoms with Crippen LogP contribution in [0.3, 0.4) is 0 Å². The number of hydrogen-bond acceptors (Lipinski definition) is 6. The Bertz CT molecular complexity index is 750. The molecule has 0 aromatic heterocycles. The summed E-state index contributed by atoms with van der Waals surface area (Å²) in [6.45, 7) is 4.94. The molecule has 2 atom stereocenters. The van der Waals surface area contributed by atoms with Crippen LogP contribution < -0.4 is 4.90 Å². The fraction of sp³-hybridized carbons (Fsp3) is 0.619. The molecule has 2 fully saturated rings. The van der Waals surface area contributed by atoms with E-state index in [1.165, 1.54) is 6.07 Å². The second kappa shape index (κ2) is 9.24. The average Bonchev–Trinajstić information content (AvgIpc) is 2.72. The maximum Gasteiger partial charge on any atom is 0.309 e. The van der Waals surface area contributed by atoms with Gasteiger partial charge in [-0.15, -0.1) is 0 Å². The van der Waals surface area contributed by atoms with Crippen molar-refractivity contribution in [2.45, 2.75) is 58.0 Å². The molecule has 0 unspecified atom stereocenters. The molecule has 3 rings (SSSR count). The zero-order valence-electron chi connectivity index (χ0n) is 17.1. The van der Waals surface area contributed by atoms with Crippen LogP contribution in [-0.2, 0) is 14.3 Å². The van der Waals surface area contributed by atoms with Crippen LogP contribution >= 0.6 is 0 Å². The molecule has 0 aliphatic carbocycles. The molecule has 2 aliphatic rings. The normalized spacial score (nSPS) is 23.0. The van der Waals surface area contributed by atoms with Crippen molar-refractivity contribution in [3.8, 4) is 0 Å². The lowest BCUT2D eigenvalue weighted by molar-refractivity contribution is -0.384. The number of rotatable bonds is 5. The zero-order valence-corrected chi connectivity index (χ0v) is 17.1. The third kappa shape index (κ3) is 4.86. The van der Waals surface area contributed by atoms with Gasteiger partial charge in [-0.05, 0) is 52.0 Å². The quantitative estimate of drug-likeness (QED) is 0.426. The third-order valence-electron chi connectivity index (χ3n) is 6.07. The maximum absolute atomic E-state index is 12.5. The summed E-state index contributed by atoms with van der Waals surface area (Å²) in [6.07, 6.45) is 4.18. The number of ether oxygens (including phenoxy) is 1. The minimum Gasteiger partial charge on any atom is -0.455 e. The van der Waals surface area contributed by atoms with E-state index in [-0.39, 0.29) is 47.1 Å². The van der Waals surface area contributed by atoms with Gasteiger partial charge in [-0.25, -0.2) is 0 Å². The van der Waals surface area contributed by atoms with E-state index in [1.807, 2.05) is 23.6 Å². The highest BCUT2D eigenvalue weighted by molar-refractivity contribution is 5.82. The van der Waals surface area contributed by atoms with Crippen molar-refractivity contribution in [3.05, 3.63) is 34.4 Å². The summed E-state index contributed by atoms with van der Waals surface area (Å²) in [5, 5.41) is 11.2. The molecule has 0 N–H and O–H groups in total. The number of hydrogen-bond donors (Lipinski definition) is 0. The largest absolute Gasteiger partial charge is 0.455 e. The van der Waals surface area contributed by atoms with Crippen LogP contribution in [0, 0.1) is 16.0 Å². The average molecular weight is 403 g/mol. The molecular weight excluding hydrogens is 374 g/mol. The number of nitro benzene ring substituents is 1. The molecular formula is C21H29N3O5. The molecule has 1 amide bonds. The van der Waals surface area contributed by atoms with Crippen molar-refractivity contribution >= 4 is 23.3 Å². The van der Waals surface area contributed by atoms with E-state index in [4.69, 9.17) is 4.74 Å². The number of para-hydroxylation sites is 2. The van der Waals surface area contributed by atoms with Crippen LogP contribution in [0.2, 0.25) is 0 Å². The van der Waals surface area contributed by atoms with E-state index in [1.54, 1.807) is 18.2 Å². The SMILES string of the molecule is C[C@@H]1CCC[C@@H](C)N1C(=O)COC(=O)C1CCN(c2ccccc2[N+](=O)[O-])CC1. The third-order valence-corrected chi connectivity index (χ3v) is 6.07. The lowest BCUT2D eigenvalue weighted by Gasteiger charge is -2.39. The Kier molecular flexibility index (Phi) is 6.71.